The monoisotopic (exact) mass is 378 g/mol. The third-order valence-electron chi connectivity index (χ3n) is 5.99. The number of hydrogen-bond acceptors (Lipinski definition) is 7. The molecular weight excluding hydrogens is 352 g/mol. The molecule has 7 atom stereocenters. The third kappa shape index (κ3) is 3.18. The highest BCUT2D eigenvalue weighted by molar-refractivity contribution is 5.91. The van der Waals surface area contributed by atoms with Gasteiger partial charge in [0.05, 0.1) is 12.0 Å². The second kappa shape index (κ2) is 6.78. The first-order valence-electron chi connectivity index (χ1n) is 9.06. The molecule has 2 fully saturated rings. The number of hydrogen-bond donors (Lipinski definition) is 0. The summed E-state index contributed by atoms with van der Waals surface area (Å²) >= 11 is 0. The van der Waals surface area contributed by atoms with Gasteiger partial charge in [0.25, 0.3) is 0 Å². The molecule has 1 heterocycles. The van der Waals surface area contributed by atoms with Crippen LogP contribution in [0.2, 0.25) is 0 Å². The highest BCUT2D eigenvalue weighted by Gasteiger charge is 2.62. The zero-order chi connectivity index (χ0) is 20.1. The largest absolute Gasteiger partial charge is 0.462 e. The van der Waals surface area contributed by atoms with Crippen LogP contribution in [0.1, 0.15) is 34.1 Å². The van der Waals surface area contributed by atoms with Crippen molar-refractivity contribution in [1.82, 2.24) is 0 Å². The van der Waals surface area contributed by atoms with E-state index in [1.165, 1.54) is 13.8 Å². The Morgan fingerprint density at radius 1 is 1.26 bits per heavy atom. The Morgan fingerprint density at radius 3 is 2.48 bits per heavy atom. The molecule has 2 aliphatic carbocycles. The van der Waals surface area contributed by atoms with Crippen LogP contribution >= 0.6 is 0 Å². The fourth-order valence-electron chi connectivity index (χ4n) is 5.14. The van der Waals surface area contributed by atoms with Gasteiger partial charge >= 0.3 is 17.9 Å². The number of rotatable bonds is 3. The Morgan fingerprint density at radius 2 is 1.93 bits per heavy atom. The van der Waals surface area contributed by atoms with Crippen molar-refractivity contribution >= 4 is 17.9 Å². The van der Waals surface area contributed by atoms with Crippen molar-refractivity contribution in [2.24, 2.45) is 17.8 Å². The lowest BCUT2D eigenvalue weighted by molar-refractivity contribution is -0.175. The van der Waals surface area contributed by atoms with E-state index in [9.17, 15) is 14.4 Å². The maximum absolute atomic E-state index is 12.3. The molecule has 0 bridgehead atoms. The lowest BCUT2D eigenvalue weighted by Gasteiger charge is -2.40. The van der Waals surface area contributed by atoms with Crippen LogP contribution in [0.25, 0.3) is 0 Å². The van der Waals surface area contributed by atoms with Gasteiger partial charge in [0.1, 0.15) is 17.8 Å². The van der Waals surface area contributed by atoms with Crippen molar-refractivity contribution in [3.05, 3.63) is 23.8 Å². The average molecular weight is 378 g/mol. The van der Waals surface area contributed by atoms with Crippen LogP contribution in [0.15, 0.2) is 23.8 Å². The molecule has 0 spiro atoms. The first-order chi connectivity index (χ1) is 12.6. The molecule has 1 saturated heterocycles. The topological polar surface area (TPSA) is 88.1 Å². The second-order valence-electron chi connectivity index (χ2n) is 7.84. The van der Waals surface area contributed by atoms with Gasteiger partial charge in [0, 0.05) is 44.8 Å². The summed E-state index contributed by atoms with van der Waals surface area (Å²) in [6.07, 6.45) is 0.656. The van der Waals surface area contributed by atoms with Crippen molar-refractivity contribution in [2.45, 2.75) is 58.0 Å². The quantitative estimate of drug-likeness (QED) is 0.321. The lowest BCUT2D eigenvalue weighted by atomic mass is 9.75. The molecule has 1 saturated carbocycles. The van der Waals surface area contributed by atoms with Gasteiger partial charge in [-0.3, -0.25) is 9.59 Å². The van der Waals surface area contributed by atoms with Crippen LogP contribution in [0.3, 0.4) is 0 Å². The van der Waals surface area contributed by atoms with Crippen LogP contribution < -0.4 is 0 Å². The summed E-state index contributed by atoms with van der Waals surface area (Å²) in [5, 5.41) is 0. The summed E-state index contributed by atoms with van der Waals surface area (Å²) in [5.74, 6) is -2.39. The van der Waals surface area contributed by atoms with Gasteiger partial charge in [-0.25, -0.2) is 4.79 Å². The minimum atomic E-state index is -0.970. The Bertz CT molecular complexity index is 724. The van der Waals surface area contributed by atoms with Crippen molar-refractivity contribution in [3.8, 4) is 0 Å². The van der Waals surface area contributed by atoms with Crippen LogP contribution in [0.5, 0.6) is 0 Å². The smallest absolute Gasteiger partial charge is 0.334 e. The van der Waals surface area contributed by atoms with Gasteiger partial charge in [0.2, 0.25) is 0 Å². The Labute approximate surface area is 158 Å². The van der Waals surface area contributed by atoms with Gasteiger partial charge in [0.15, 0.2) is 0 Å². The summed E-state index contributed by atoms with van der Waals surface area (Å²) in [7, 11) is 1.59. The molecule has 7 heteroatoms. The molecule has 3 rings (SSSR count). The molecule has 3 aliphatic rings. The van der Waals surface area contributed by atoms with Crippen LogP contribution in [0, 0.1) is 17.8 Å². The highest BCUT2D eigenvalue weighted by atomic mass is 16.6. The fraction of sp³-hybridized carbons (Fsp3) is 0.650. The summed E-state index contributed by atoms with van der Waals surface area (Å²) in [6, 6.07) is 0. The zero-order valence-corrected chi connectivity index (χ0v) is 16.3. The van der Waals surface area contributed by atoms with Gasteiger partial charge in [-0.15, -0.1) is 0 Å². The number of esters is 3. The average Bonchev–Trinajstić information content (AvgIpc) is 2.99. The lowest BCUT2D eigenvalue weighted by Crippen LogP contribution is -2.48. The maximum atomic E-state index is 12.3. The molecular formula is C20H26O7. The van der Waals surface area contributed by atoms with E-state index in [2.05, 4.69) is 6.58 Å². The van der Waals surface area contributed by atoms with E-state index in [1.54, 1.807) is 7.11 Å². The normalized spacial score (nSPS) is 40.4. The second-order valence-corrected chi connectivity index (χ2v) is 7.84. The standard InChI is InChI=1S/C20H26O7/c1-9-7-13(24-6)17-15(9)18-16(10(2)19(23)26-18)14(25-11(3)21)8-20(17,5)27-12(4)22/h7,13-18H,2,8H2,1,3-6H3/t13?,14-,15?,16+,17?,18+,20+/m0/s1. The van der Waals surface area contributed by atoms with E-state index in [-0.39, 0.29) is 29.9 Å². The fourth-order valence-corrected chi connectivity index (χ4v) is 5.14. The van der Waals surface area contributed by atoms with Crippen LogP contribution in [-0.2, 0) is 33.3 Å². The van der Waals surface area contributed by atoms with Crippen molar-refractivity contribution in [2.75, 3.05) is 7.11 Å². The molecule has 148 valence electrons. The minimum absolute atomic E-state index is 0.227. The number of carbonyl (C=O) groups excluding carboxylic acids is 3. The van der Waals surface area contributed by atoms with Gasteiger partial charge < -0.3 is 18.9 Å². The van der Waals surface area contributed by atoms with E-state index in [4.69, 9.17) is 18.9 Å². The Kier molecular flexibility index (Phi) is 4.93. The molecule has 0 aromatic rings. The van der Waals surface area contributed by atoms with E-state index in [1.807, 2.05) is 19.9 Å². The first kappa shape index (κ1) is 19.6. The third-order valence-corrected chi connectivity index (χ3v) is 5.99. The van der Waals surface area contributed by atoms with Crippen molar-refractivity contribution in [1.29, 1.82) is 0 Å². The van der Waals surface area contributed by atoms with Gasteiger partial charge in [-0.1, -0.05) is 18.2 Å². The molecule has 0 amide bonds. The van der Waals surface area contributed by atoms with Gasteiger partial charge in [-0.2, -0.15) is 0 Å². The van der Waals surface area contributed by atoms with Crippen molar-refractivity contribution in [3.63, 3.8) is 0 Å². The molecule has 7 nitrogen and oxygen atoms in total. The summed E-state index contributed by atoms with van der Waals surface area (Å²) in [5.41, 5.74) is 0.305. The van der Waals surface area contributed by atoms with Crippen LogP contribution in [-0.4, -0.2) is 48.9 Å². The number of methoxy groups -OCH3 is 1. The summed E-state index contributed by atoms with van der Waals surface area (Å²) in [6.45, 7) is 10.3. The predicted molar refractivity (Wildman–Crippen MR) is 94.4 cm³/mol. The number of carbonyl (C=O) groups is 3. The Balaban J connectivity index is 2.14. The van der Waals surface area contributed by atoms with Crippen molar-refractivity contribution < 1.29 is 33.3 Å². The molecule has 27 heavy (non-hydrogen) atoms. The molecule has 0 radical (unpaired) electrons. The maximum Gasteiger partial charge on any atom is 0.334 e. The van der Waals surface area contributed by atoms with E-state index >= 15 is 0 Å². The summed E-state index contributed by atoms with van der Waals surface area (Å²) < 4.78 is 22.7. The van der Waals surface area contributed by atoms with E-state index in [0.29, 0.717) is 0 Å². The van der Waals surface area contributed by atoms with E-state index in [0.717, 1.165) is 5.57 Å². The van der Waals surface area contributed by atoms with Gasteiger partial charge in [-0.05, 0) is 13.8 Å². The highest BCUT2D eigenvalue weighted by Crippen LogP contribution is 2.54. The predicted octanol–water partition coefficient (Wildman–Crippen LogP) is 1.95. The number of ether oxygens (including phenoxy) is 4. The van der Waals surface area contributed by atoms with E-state index < -0.39 is 41.6 Å². The summed E-state index contributed by atoms with van der Waals surface area (Å²) in [4.78, 5) is 35.9. The SMILES string of the molecule is C=C1C(=O)O[C@@H]2C3C(C)=CC(OC)C3[C@](C)(OC(C)=O)C[C@H](OC(C)=O)[C@@H]12. The Hall–Kier alpha value is -2.15. The molecule has 0 aromatic carbocycles. The minimum Gasteiger partial charge on any atom is -0.462 e. The first-order valence-corrected chi connectivity index (χ1v) is 9.06. The number of fused-ring (bicyclic) bond motifs is 3. The zero-order valence-electron chi connectivity index (χ0n) is 16.3. The molecule has 0 N–H and O–H groups in total. The molecule has 3 unspecified atom stereocenters. The molecule has 0 aromatic heterocycles. The molecule has 1 aliphatic heterocycles. The van der Waals surface area contributed by atoms with Crippen LogP contribution in [0.4, 0.5) is 0 Å².